The molecule has 3 aromatic rings. The van der Waals surface area contributed by atoms with Crippen LogP contribution in [0.2, 0.25) is 0 Å². The molecule has 4 saturated carbocycles. The lowest BCUT2D eigenvalue weighted by Crippen LogP contribution is -2.59. The molecule has 4 aliphatic carbocycles. The molecule has 4 bridgehead atoms. The van der Waals surface area contributed by atoms with Crippen molar-refractivity contribution in [2.75, 3.05) is 17.7 Å². The number of nitrogens with zero attached hydrogens (tertiary/aromatic N) is 4. The third-order valence-electron chi connectivity index (χ3n) is 7.97. The summed E-state index contributed by atoms with van der Waals surface area (Å²) in [6, 6.07) is 8.24. The maximum Gasteiger partial charge on any atom is 0.225 e. The summed E-state index contributed by atoms with van der Waals surface area (Å²) in [5.74, 6) is 3.55. The van der Waals surface area contributed by atoms with Crippen molar-refractivity contribution in [3.63, 3.8) is 0 Å². The first-order valence-electron chi connectivity index (χ1n) is 12.4. The van der Waals surface area contributed by atoms with Gasteiger partial charge < -0.3 is 21.5 Å². The number of aliphatic hydroxyl groups is 1. The largest absolute Gasteiger partial charge is 0.404 e. The maximum absolute atomic E-state index is 11.0. The van der Waals surface area contributed by atoms with Gasteiger partial charge in [0.2, 0.25) is 5.95 Å². The van der Waals surface area contributed by atoms with Crippen LogP contribution < -0.4 is 16.4 Å². The van der Waals surface area contributed by atoms with Crippen LogP contribution in [0.3, 0.4) is 0 Å². The average molecular weight is 473 g/mol. The normalized spacial score (nSPS) is 29.9. The molecule has 2 unspecified atom stereocenters. The van der Waals surface area contributed by atoms with Crippen molar-refractivity contribution in [3.8, 4) is 0 Å². The van der Waals surface area contributed by atoms with E-state index in [1.807, 2.05) is 31.2 Å². The Morgan fingerprint density at radius 2 is 2.00 bits per heavy atom. The highest BCUT2D eigenvalue weighted by Crippen LogP contribution is 2.56. The number of aliphatic imine (C=N–C) groups is 1. The van der Waals surface area contributed by atoms with Gasteiger partial charge in [0.05, 0.1) is 11.1 Å². The minimum atomic E-state index is -0.468. The molecule has 0 spiro atoms. The fourth-order valence-electron chi connectivity index (χ4n) is 6.79. The number of benzene rings is 1. The zero-order valence-corrected chi connectivity index (χ0v) is 20.1. The molecular weight excluding hydrogens is 440 g/mol. The van der Waals surface area contributed by atoms with Crippen molar-refractivity contribution >= 4 is 40.3 Å². The first-order chi connectivity index (χ1) is 16.9. The highest BCUT2D eigenvalue weighted by Gasteiger charge is 2.54. The number of fused-ring (bicyclic) bond motifs is 1. The van der Waals surface area contributed by atoms with Crippen LogP contribution >= 0.6 is 0 Å². The van der Waals surface area contributed by atoms with Crippen LogP contribution in [-0.2, 0) is 0 Å². The van der Waals surface area contributed by atoms with Crippen LogP contribution in [-0.4, -0.2) is 50.2 Å². The number of H-pyrrole nitrogens is 1. The molecule has 6 N–H and O–H groups in total. The molecule has 4 aliphatic rings. The molecule has 0 aliphatic heterocycles. The molecule has 9 nitrogen and oxygen atoms in total. The summed E-state index contributed by atoms with van der Waals surface area (Å²) < 4.78 is 0. The number of anilines is 3. The molecule has 4 fully saturated rings. The SMILES string of the molecule is CN=CC(=CN)c1ccc2c(Nc3cc(C)[nH]n3)nc(NC3C4CC5CC3CC(O)(C5)C4)nc2c1. The highest BCUT2D eigenvalue weighted by molar-refractivity contribution is 6.10. The summed E-state index contributed by atoms with van der Waals surface area (Å²) in [6.45, 7) is 1.96. The third-order valence-corrected chi connectivity index (χ3v) is 7.97. The minimum Gasteiger partial charge on any atom is -0.404 e. The molecular formula is C26H32N8O. The smallest absolute Gasteiger partial charge is 0.225 e. The summed E-state index contributed by atoms with van der Waals surface area (Å²) >= 11 is 0. The summed E-state index contributed by atoms with van der Waals surface area (Å²) in [7, 11) is 1.73. The Balaban J connectivity index is 1.38. The van der Waals surface area contributed by atoms with E-state index in [4.69, 9.17) is 15.7 Å². The topological polar surface area (TPSA) is 137 Å². The van der Waals surface area contributed by atoms with Crippen LogP contribution in [0.5, 0.6) is 0 Å². The van der Waals surface area contributed by atoms with Gasteiger partial charge in [0.15, 0.2) is 5.82 Å². The number of aromatic nitrogens is 4. The Morgan fingerprint density at radius 1 is 1.20 bits per heavy atom. The number of hydrogen-bond donors (Lipinski definition) is 5. The standard InChI is InChI=1S/C26H32N8O/c1-14-5-22(34-33-14)30-24-20-4-3-16(19(12-27)13-28-2)8-21(20)29-25(32-24)31-23-17-6-15-7-18(23)11-26(35,9-15)10-17/h3-5,8,12-13,15,17-18,23,35H,6-7,9-11,27H2,1-2H3,(H3,29,30,31,32,33,34). The van der Waals surface area contributed by atoms with Gasteiger partial charge in [-0.2, -0.15) is 10.1 Å². The van der Waals surface area contributed by atoms with Crippen LogP contribution in [0.25, 0.3) is 16.5 Å². The summed E-state index contributed by atoms with van der Waals surface area (Å²) in [4.78, 5) is 13.9. The van der Waals surface area contributed by atoms with E-state index in [0.717, 1.165) is 47.0 Å². The van der Waals surface area contributed by atoms with Crippen molar-refractivity contribution in [3.05, 3.63) is 41.7 Å². The van der Waals surface area contributed by atoms with Crippen molar-refractivity contribution in [1.29, 1.82) is 0 Å². The molecule has 35 heavy (non-hydrogen) atoms. The van der Waals surface area contributed by atoms with E-state index in [9.17, 15) is 5.11 Å². The molecule has 0 radical (unpaired) electrons. The number of aromatic amines is 1. The number of nitrogens with two attached hydrogens (primary N) is 1. The van der Waals surface area contributed by atoms with E-state index in [-0.39, 0.29) is 6.04 Å². The Labute approximate surface area is 204 Å². The van der Waals surface area contributed by atoms with Crippen LogP contribution in [0.15, 0.2) is 35.5 Å². The van der Waals surface area contributed by atoms with E-state index in [1.165, 1.54) is 12.8 Å². The van der Waals surface area contributed by atoms with E-state index < -0.39 is 5.60 Å². The summed E-state index contributed by atoms with van der Waals surface area (Å²) in [5.41, 5.74) is 8.93. The quantitative estimate of drug-likeness (QED) is 0.345. The lowest BCUT2D eigenvalue weighted by molar-refractivity contribution is -0.129. The lowest BCUT2D eigenvalue weighted by Gasteiger charge is -2.58. The van der Waals surface area contributed by atoms with Crippen molar-refractivity contribution in [2.45, 2.75) is 50.7 Å². The van der Waals surface area contributed by atoms with Gasteiger partial charge in [-0.15, -0.1) is 0 Å². The molecule has 9 heteroatoms. The first-order valence-corrected chi connectivity index (χ1v) is 12.4. The fraction of sp³-hybridized carbons (Fsp3) is 0.462. The van der Waals surface area contributed by atoms with Crippen molar-refractivity contribution in [2.24, 2.45) is 28.5 Å². The predicted octanol–water partition coefficient (Wildman–Crippen LogP) is 3.76. The molecule has 0 saturated heterocycles. The second kappa shape index (κ2) is 8.34. The van der Waals surface area contributed by atoms with Gasteiger partial charge in [-0.05, 0) is 74.5 Å². The highest BCUT2D eigenvalue weighted by atomic mass is 16.3. The maximum atomic E-state index is 11.0. The monoisotopic (exact) mass is 472 g/mol. The Bertz CT molecular complexity index is 1310. The van der Waals surface area contributed by atoms with Gasteiger partial charge in [-0.1, -0.05) is 6.07 Å². The molecule has 0 amide bonds. The second-order valence-electron chi connectivity index (χ2n) is 10.6. The molecule has 182 valence electrons. The molecule has 2 heterocycles. The number of rotatable bonds is 6. The number of aryl methyl sites for hydroxylation is 1. The number of nitrogens with one attached hydrogen (secondary N) is 3. The zero-order chi connectivity index (χ0) is 24.2. The van der Waals surface area contributed by atoms with E-state index >= 15 is 0 Å². The van der Waals surface area contributed by atoms with Crippen LogP contribution in [0, 0.1) is 24.7 Å². The summed E-state index contributed by atoms with van der Waals surface area (Å²) in [5, 5.41) is 26.2. The number of allylic oxidation sites excluding steroid dienone is 1. The summed E-state index contributed by atoms with van der Waals surface area (Å²) in [6.07, 6.45) is 8.35. The Hall–Kier alpha value is -3.46. The van der Waals surface area contributed by atoms with Gasteiger partial charge in [0.1, 0.15) is 5.82 Å². The van der Waals surface area contributed by atoms with Gasteiger partial charge in [-0.25, -0.2) is 4.98 Å². The van der Waals surface area contributed by atoms with Crippen LogP contribution in [0.1, 0.15) is 43.4 Å². The Kier molecular flexibility index (Phi) is 5.25. The molecule has 7 rings (SSSR count). The van der Waals surface area contributed by atoms with Crippen molar-refractivity contribution < 1.29 is 5.11 Å². The molecule has 2 aromatic heterocycles. The second-order valence-corrected chi connectivity index (χ2v) is 10.6. The fourth-order valence-corrected chi connectivity index (χ4v) is 6.79. The predicted molar refractivity (Wildman–Crippen MR) is 139 cm³/mol. The molecule has 1 aromatic carbocycles. The van der Waals surface area contributed by atoms with E-state index in [2.05, 4.69) is 25.8 Å². The molecule has 2 atom stereocenters. The number of hydrogen-bond acceptors (Lipinski definition) is 8. The van der Waals surface area contributed by atoms with Gasteiger partial charge in [0.25, 0.3) is 0 Å². The van der Waals surface area contributed by atoms with Gasteiger partial charge in [0, 0.05) is 48.2 Å². The van der Waals surface area contributed by atoms with Crippen molar-refractivity contribution in [1.82, 2.24) is 20.2 Å². The van der Waals surface area contributed by atoms with Crippen LogP contribution in [0.4, 0.5) is 17.6 Å². The van der Waals surface area contributed by atoms with Gasteiger partial charge >= 0.3 is 0 Å². The van der Waals surface area contributed by atoms with Gasteiger partial charge in [-0.3, -0.25) is 10.1 Å². The third kappa shape index (κ3) is 4.03. The Morgan fingerprint density at radius 3 is 2.66 bits per heavy atom. The first kappa shape index (κ1) is 22.0. The minimum absolute atomic E-state index is 0.277. The van der Waals surface area contributed by atoms with E-state index in [0.29, 0.717) is 35.3 Å². The average Bonchev–Trinajstić information content (AvgIpc) is 3.23. The lowest BCUT2D eigenvalue weighted by atomic mass is 9.52. The zero-order valence-electron chi connectivity index (χ0n) is 20.1. The van der Waals surface area contributed by atoms with E-state index in [1.54, 1.807) is 19.5 Å².